The maximum Gasteiger partial charge on any atom is 0.255 e. The van der Waals surface area contributed by atoms with Crippen LogP contribution in [0.2, 0.25) is 0 Å². The maximum atomic E-state index is 11.0. The van der Waals surface area contributed by atoms with Crippen molar-refractivity contribution in [2.24, 2.45) is 0 Å². The van der Waals surface area contributed by atoms with Gasteiger partial charge in [-0.2, -0.15) is 10.5 Å². The zero-order chi connectivity index (χ0) is 12.3. The molecule has 0 saturated heterocycles. The van der Waals surface area contributed by atoms with E-state index >= 15 is 0 Å². The molecule has 0 amide bonds. The molecular formula is C10H2Cl2N2O2. The minimum atomic E-state index is -0.929. The number of halogens is 2. The van der Waals surface area contributed by atoms with Gasteiger partial charge in [0.05, 0.1) is 16.7 Å². The second kappa shape index (κ2) is 4.76. The van der Waals surface area contributed by atoms with E-state index in [4.69, 9.17) is 33.7 Å². The second-order valence-electron chi connectivity index (χ2n) is 2.72. The van der Waals surface area contributed by atoms with Crippen molar-refractivity contribution < 1.29 is 9.59 Å². The van der Waals surface area contributed by atoms with Gasteiger partial charge in [-0.25, -0.2) is 0 Å². The molecular weight excluding hydrogens is 251 g/mol. The lowest BCUT2D eigenvalue weighted by Gasteiger charge is -2.02. The summed E-state index contributed by atoms with van der Waals surface area (Å²) < 4.78 is 0. The molecule has 78 valence electrons. The van der Waals surface area contributed by atoms with Crippen LogP contribution in [0, 0.1) is 22.7 Å². The Bertz CT molecular complexity index is 532. The van der Waals surface area contributed by atoms with Crippen LogP contribution in [0.5, 0.6) is 0 Å². The SMILES string of the molecule is N#Cc1cc(C(=O)Cl)cc(C#N)c1C(=O)Cl. The highest BCUT2D eigenvalue weighted by Gasteiger charge is 2.18. The molecule has 0 aromatic heterocycles. The van der Waals surface area contributed by atoms with E-state index in [9.17, 15) is 9.59 Å². The van der Waals surface area contributed by atoms with Crippen LogP contribution < -0.4 is 0 Å². The number of rotatable bonds is 2. The summed E-state index contributed by atoms with van der Waals surface area (Å²) in [5.74, 6) is 0. The Morgan fingerprint density at radius 1 is 1.00 bits per heavy atom. The zero-order valence-corrected chi connectivity index (χ0v) is 9.13. The van der Waals surface area contributed by atoms with Gasteiger partial charge in [0.15, 0.2) is 0 Å². The van der Waals surface area contributed by atoms with Crippen LogP contribution in [0.25, 0.3) is 0 Å². The lowest BCUT2D eigenvalue weighted by Crippen LogP contribution is -2.02. The van der Waals surface area contributed by atoms with Crippen molar-refractivity contribution in [1.29, 1.82) is 10.5 Å². The van der Waals surface area contributed by atoms with E-state index < -0.39 is 10.5 Å². The van der Waals surface area contributed by atoms with E-state index in [-0.39, 0.29) is 22.3 Å². The number of nitrogens with zero attached hydrogens (tertiary/aromatic N) is 2. The van der Waals surface area contributed by atoms with Gasteiger partial charge in [0, 0.05) is 5.56 Å². The van der Waals surface area contributed by atoms with Gasteiger partial charge in [0.2, 0.25) is 0 Å². The highest BCUT2D eigenvalue weighted by atomic mass is 35.5. The average molecular weight is 253 g/mol. The Morgan fingerprint density at radius 2 is 1.44 bits per heavy atom. The van der Waals surface area contributed by atoms with E-state index in [1.165, 1.54) is 0 Å². The summed E-state index contributed by atoms with van der Waals surface area (Å²) in [6.07, 6.45) is 0. The molecule has 1 rings (SSSR count). The molecule has 0 aliphatic heterocycles. The maximum absolute atomic E-state index is 11.0. The fourth-order valence-corrected chi connectivity index (χ4v) is 1.46. The second-order valence-corrected chi connectivity index (χ2v) is 3.40. The predicted molar refractivity (Wildman–Crippen MR) is 56.2 cm³/mol. The molecule has 1 aromatic carbocycles. The third-order valence-electron chi connectivity index (χ3n) is 1.80. The molecule has 1 aromatic rings. The lowest BCUT2D eigenvalue weighted by molar-refractivity contribution is 0.107. The monoisotopic (exact) mass is 252 g/mol. The third kappa shape index (κ3) is 2.20. The first-order valence-electron chi connectivity index (χ1n) is 3.89. The van der Waals surface area contributed by atoms with Crippen molar-refractivity contribution in [3.05, 3.63) is 34.4 Å². The van der Waals surface area contributed by atoms with Gasteiger partial charge in [-0.05, 0) is 35.3 Å². The molecule has 6 heteroatoms. The molecule has 0 unspecified atom stereocenters. The van der Waals surface area contributed by atoms with Gasteiger partial charge in [0.1, 0.15) is 12.1 Å². The van der Waals surface area contributed by atoms with E-state index in [0.717, 1.165) is 12.1 Å². The van der Waals surface area contributed by atoms with Gasteiger partial charge < -0.3 is 0 Å². The minimum absolute atomic E-state index is 0.0311. The molecule has 0 radical (unpaired) electrons. The highest BCUT2D eigenvalue weighted by molar-refractivity contribution is 6.69. The molecule has 0 aliphatic rings. The summed E-state index contributed by atoms with van der Waals surface area (Å²) in [5, 5.41) is 15.8. The third-order valence-corrected chi connectivity index (χ3v) is 2.21. The Hall–Kier alpha value is -1.88. The van der Waals surface area contributed by atoms with Crippen LogP contribution >= 0.6 is 23.2 Å². The van der Waals surface area contributed by atoms with Crippen molar-refractivity contribution in [2.75, 3.05) is 0 Å². The predicted octanol–water partition coefficient (Wildman–Crippen LogP) is 2.19. The van der Waals surface area contributed by atoms with Crippen LogP contribution in [0.4, 0.5) is 0 Å². The summed E-state index contributed by atoms with van der Waals surface area (Å²) >= 11 is 10.5. The molecule has 0 aliphatic carbocycles. The number of benzene rings is 1. The highest BCUT2D eigenvalue weighted by Crippen LogP contribution is 2.20. The average Bonchev–Trinajstić information content (AvgIpc) is 2.26. The first-order valence-corrected chi connectivity index (χ1v) is 4.64. The Morgan fingerprint density at radius 3 is 1.69 bits per heavy atom. The normalized spacial score (nSPS) is 9.00. The fraction of sp³-hybridized carbons (Fsp3) is 0. The van der Waals surface area contributed by atoms with E-state index in [1.807, 2.05) is 0 Å². The summed E-state index contributed by atoms with van der Waals surface area (Å²) in [5.41, 5.74) is -0.545. The zero-order valence-electron chi connectivity index (χ0n) is 7.62. The summed E-state index contributed by atoms with van der Waals surface area (Å²) in [4.78, 5) is 21.9. The molecule has 0 N–H and O–H groups in total. The smallest absolute Gasteiger partial charge is 0.255 e. The van der Waals surface area contributed by atoms with Crippen molar-refractivity contribution in [2.45, 2.75) is 0 Å². The molecule has 0 atom stereocenters. The van der Waals surface area contributed by atoms with E-state index in [2.05, 4.69) is 0 Å². The molecule has 16 heavy (non-hydrogen) atoms. The van der Waals surface area contributed by atoms with Crippen molar-refractivity contribution in [3.63, 3.8) is 0 Å². The number of carbonyl (C=O) groups is 2. The van der Waals surface area contributed by atoms with Crippen LogP contribution in [-0.4, -0.2) is 10.5 Å². The van der Waals surface area contributed by atoms with Gasteiger partial charge in [-0.15, -0.1) is 0 Å². The van der Waals surface area contributed by atoms with Crippen LogP contribution in [0.1, 0.15) is 31.8 Å². The number of hydrogen-bond donors (Lipinski definition) is 0. The Balaban J connectivity index is 3.66. The summed E-state index contributed by atoms with van der Waals surface area (Å²) in [6.45, 7) is 0. The summed E-state index contributed by atoms with van der Waals surface area (Å²) in [7, 11) is 0. The summed E-state index contributed by atoms with van der Waals surface area (Å²) in [6, 6.07) is 5.59. The van der Waals surface area contributed by atoms with Crippen LogP contribution in [0.15, 0.2) is 12.1 Å². The van der Waals surface area contributed by atoms with Gasteiger partial charge in [-0.3, -0.25) is 9.59 Å². The molecule has 0 fully saturated rings. The van der Waals surface area contributed by atoms with Gasteiger partial charge in [-0.1, -0.05) is 0 Å². The standard InChI is InChI=1S/C10H2Cl2N2O2/c11-9(15)5-1-6(3-13)8(10(12)16)7(2-5)4-14/h1-2H. The minimum Gasteiger partial charge on any atom is -0.276 e. The number of hydrogen-bond acceptors (Lipinski definition) is 4. The van der Waals surface area contributed by atoms with E-state index in [1.54, 1.807) is 12.1 Å². The van der Waals surface area contributed by atoms with Crippen LogP contribution in [-0.2, 0) is 0 Å². The van der Waals surface area contributed by atoms with Gasteiger partial charge >= 0.3 is 0 Å². The molecule has 0 heterocycles. The molecule has 0 spiro atoms. The first kappa shape index (κ1) is 12.2. The first-order chi connectivity index (χ1) is 7.51. The topological polar surface area (TPSA) is 81.7 Å². The van der Waals surface area contributed by atoms with Crippen molar-refractivity contribution >= 4 is 33.7 Å². The largest absolute Gasteiger partial charge is 0.276 e. The fourth-order valence-electron chi connectivity index (χ4n) is 1.14. The molecule has 4 nitrogen and oxygen atoms in total. The Labute approximate surface area is 101 Å². The molecule has 0 saturated carbocycles. The molecule has 0 bridgehead atoms. The number of carbonyl (C=O) groups excluding carboxylic acids is 2. The van der Waals surface area contributed by atoms with Crippen molar-refractivity contribution in [1.82, 2.24) is 0 Å². The Kier molecular flexibility index (Phi) is 3.63. The van der Waals surface area contributed by atoms with Crippen molar-refractivity contribution in [3.8, 4) is 12.1 Å². The van der Waals surface area contributed by atoms with E-state index in [0.29, 0.717) is 0 Å². The lowest BCUT2D eigenvalue weighted by atomic mass is 10.00. The number of nitriles is 2. The van der Waals surface area contributed by atoms with Gasteiger partial charge in [0.25, 0.3) is 10.5 Å². The van der Waals surface area contributed by atoms with Crippen LogP contribution in [0.3, 0.4) is 0 Å². The quantitative estimate of drug-likeness (QED) is 0.756.